The van der Waals surface area contributed by atoms with E-state index >= 15 is 0 Å². The third-order valence-electron chi connectivity index (χ3n) is 2.37. The predicted octanol–water partition coefficient (Wildman–Crippen LogP) is 1.18. The van der Waals surface area contributed by atoms with E-state index in [0.717, 1.165) is 10.6 Å². The minimum Gasteiger partial charge on any atom is -0.495 e. The number of ether oxygens (including phenoxy) is 1. The number of likely N-dealkylation sites (N-methyl/N-ethyl adjacent to an activating group) is 1. The highest BCUT2D eigenvalue weighted by Gasteiger charge is 2.15. The van der Waals surface area contributed by atoms with Crippen LogP contribution < -0.4 is 10.1 Å². The number of carbonyl (C=O) groups is 1. The molecular formula is C11H15ClN2O4S. The van der Waals surface area contributed by atoms with E-state index in [1.165, 1.54) is 20.2 Å². The van der Waals surface area contributed by atoms with Gasteiger partial charge in [0.2, 0.25) is 15.9 Å². The highest BCUT2D eigenvalue weighted by atomic mass is 35.5. The zero-order valence-corrected chi connectivity index (χ0v) is 12.4. The second-order valence-corrected chi connectivity index (χ2v) is 6.41. The first kappa shape index (κ1) is 15.7. The van der Waals surface area contributed by atoms with E-state index in [4.69, 9.17) is 16.3 Å². The lowest BCUT2D eigenvalue weighted by Crippen LogP contribution is -2.34. The van der Waals surface area contributed by atoms with Crippen LogP contribution in [0.1, 0.15) is 0 Å². The monoisotopic (exact) mass is 306 g/mol. The van der Waals surface area contributed by atoms with Crippen molar-refractivity contribution in [2.45, 2.75) is 0 Å². The number of hydrogen-bond acceptors (Lipinski definition) is 4. The fourth-order valence-electron chi connectivity index (χ4n) is 1.26. The normalized spacial score (nSPS) is 11.4. The molecule has 0 radical (unpaired) electrons. The molecule has 19 heavy (non-hydrogen) atoms. The number of methoxy groups -OCH3 is 1. The summed E-state index contributed by atoms with van der Waals surface area (Å²) in [5.74, 6) is 0.0436. The van der Waals surface area contributed by atoms with Crippen LogP contribution in [0.15, 0.2) is 18.2 Å². The standard InChI is InChI=1S/C11H15ClN2O4S/c1-14(19(3,16)17)7-11(15)13-8-4-5-10(18-2)9(12)6-8/h4-6H,7H2,1-3H3,(H,13,15). The number of benzene rings is 1. The van der Waals surface area contributed by atoms with Gasteiger partial charge < -0.3 is 10.1 Å². The van der Waals surface area contributed by atoms with Crippen molar-refractivity contribution in [3.63, 3.8) is 0 Å². The number of halogens is 1. The molecule has 0 aliphatic heterocycles. The van der Waals surface area contributed by atoms with Gasteiger partial charge in [0, 0.05) is 12.7 Å². The van der Waals surface area contributed by atoms with Gasteiger partial charge in [0.15, 0.2) is 0 Å². The van der Waals surface area contributed by atoms with Gasteiger partial charge in [0.25, 0.3) is 0 Å². The molecule has 1 amide bonds. The third kappa shape index (κ3) is 4.70. The second-order valence-electron chi connectivity index (χ2n) is 3.92. The van der Waals surface area contributed by atoms with E-state index in [1.807, 2.05) is 0 Å². The first-order valence-electron chi connectivity index (χ1n) is 5.28. The maximum atomic E-state index is 11.6. The molecule has 0 spiro atoms. The van der Waals surface area contributed by atoms with Crippen LogP contribution >= 0.6 is 11.6 Å². The lowest BCUT2D eigenvalue weighted by molar-refractivity contribution is -0.116. The molecule has 0 aromatic heterocycles. The van der Waals surface area contributed by atoms with Gasteiger partial charge >= 0.3 is 0 Å². The smallest absolute Gasteiger partial charge is 0.239 e. The zero-order chi connectivity index (χ0) is 14.6. The molecule has 0 saturated carbocycles. The molecule has 8 heteroatoms. The summed E-state index contributed by atoms with van der Waals surface area (Å²) in [7, 11) is -0.567. The van der Waals surface area contributed by atoms with Crippen LogP contribution in [0.5, 0.6) is 5.75 Å². The van der Waals surface area contributed by atoms with Gasteiger partial charge in [-0.25, -0.2) is 8.42 Å². The lowest BCUT2D eigenvalue weighted by Gasteiger charge is -2.14. The van der Waals surface area contributed by atoms with Gasteiger partial charge in [-0.1, -0.05) is 11.6 Å². The maximum Gasteiger partial charge on any atom is 0.239 e. The van der Waals surface area contributed by atoms with Crippen LogP contribution in [0, 0.1) is 0 Å². The predicted molar refractivity (Wildman–Crippen MR) is 74.1 cm³/mol. The van der Waals surface area contributed by atoms with Crippen molar-refractivity contribution in [3.05, 3.63) is 23.2 Å². The molecule has 1 aromatic carbocycles. The molecule has 0 fully saturated rings. The Balaban J connectivity index is 2.70. The third-order valence-corrected chi connectivity index (χ3v) is 3.92. The van der Waals surface area contributed by atoms with Gasteiger partial charge in [-0.2, -0.15) is 4.31 Å². The summed E-state index contributed by atoms with van der Waals surface area (Å²) in [5, 5.41) is 2.91. The molecule has 0 heterocycles. The van der Waals surface area contributed by atoms with E-state index < -0.39 is 15.9 Å². The average molecular weight is 307 g/mol. The fraction of sp³-hybridized carbons (Fsp3) is 0.364. The molecule has 0 bridgehead atoms. The molecule has 0 saturated heterocycles. The Morgan fingerprint density at radius 3 is 2.58 bits per heavy atom. The van der Waals surface area contributed by atoms with Crippen molar-refractivity contribution in [3.8, 4) is 5.75 Å². The molecule has 106 valence electrons. The number of nitrogens with zero attached hydrogens (tertiary/aromatic N) is 1. The SMILES string of the molecule is COc1ccc(NC(=O)CN(C)S(C)(=O)=O)cc1Cl. The number of rotatable bonds is 5. The summed E-state index contributed by atoms with van der Waals surface area (Å²) in [6.45, 7) is -0.261. The van der Waals surface area contributed by atoms with Gasteiger partial charge in [-0.05, 0) is 18.2 Å². The summed E-state index contributed by atoms with van der Waals surface area (Å²) < 4.78 is 28.3. The van der Waals surface area contributed by atoms with Crippen molar-refractivity contribution >= 4 is 33.2 Å². The molecule has 0 atom stereocenters. The summed E-state index contributed by atoms with van der Waals surface area (Å²) >= 11 is 5.91. The van der Waals surface area contributed by atoms with Gasteiger partial charge in [-0.15, -0.1) is 0 Å². The van der Waals surface area contributed by atoms with Crippen molar-refractivity contribution in [2.75, 3.05) is 32.3 Å². The molecule has 1 rings (SSSR count). The average Bonchev–Trinajstić information content (AvgIpc) is 2.27. The number of carbonyl (C=O) groups excluding carboxylic acids is 1. The summed E-state index contributed by atoms with van der Waals surface area (Å²) in [6, 6.07) is 4.75. The quantitative estimate of drug-likeness (QED) is 0.886. The van der Waals surface area contributed by atoms with Crippen LogP contribution in [0.25, 0.3) is 0 Å². The van der Waals surface area contributed by atoms with Crippen LogP contribution in [-0.2, 0) is 14.8 Å². The topological polar surface area (TPSA) is 75.7 Å². The minimum atomic E-state index is -3.38. The van der Waals surface area contributed by atoms with E-state index in [0.29, 0.717) is 16.5 Å². The molecular weight excluding hydrogens is 292 g/mol. The van der Waals surface area contributed by atoms with Crippen LogP contribution in [0.2, 0.25) is 5.02 Å². The highest BCUT2D eigenvalue weighted by molar-refractivity contribution is 7.88. The largest absolute Gasteiger partial charge is 0.495 e. The Morgan fingerprint density at radius 2 is 2.11 bits per heavy atom. The molecule has 0 unspecified atom stereocenters. The van der Waals surface area contributed by atoms with Crippen molar-refractivity contribution in [1.82, 2.24) is 4.31 Å². The van der Waals surface area contributed by atoms with Crippen LogP contribution in [-0.4, -0.2) is 45.6 Å². The molecule has 0 aliphatic rings. The summed E-state index contributed by atoms with van der Waals surface area (Å²) in [6.07, 6.45) is 1.03. The van der Waals surface area contributed by atoms with Crippen LogP contribution in [0.4, 0.5) is 5.69 Å². The molecule has 1 N–H and O–H groups in total. The first-order valence-corrected chi connectivity index (χ1v) is 7.51. The van der Waals surface area contributed by atoms with E-state index in [9.17, 15) is 13.2 Å². The minimum absolute atomic E-state index is 0.261. The van der Waals surface area contributed by atoms with Gasteiger partial charge in [0.1, 0.15) is 5.75 Å². The number of amides is 1. The van der Waals surface area contributed by atoms with Crippen LogP contribution in [0.3, 0.4) is 0 Å². The zero-order valence-electron chi connectivity index (χ0n) is 10.8. The Hall–Kier alpha value is -1.31. The Morgan fingerprint density at radius 1 is 1.47 bits per heavy atom. The second kappa shape index (κ2) is 6.23. The molecule has 6 nitrogen and oxygen atoms in total. The van der Waals surface area contributed by atoms with E-state index in [2.05, 4.69) is 5.32 Å². The fourth-order valence-corrected chi connectivity index (χ4v) is 1.87. The number of sulfonamides is 1. The summed E-state index contributed by atoms with van der Waals surface area (Å²) in [5.41, 5.74) is 0.470. The number of anilines is 1. The molecule has 1 aromatic rings. The van der Waals surface area contributed by atoms with Crippen molar-refractivity contribution in [2.24, 2.45) is 0 Å². The molecule has 0 aliphatic carbocycles. The Bertz CT molecular complexity index is 574. The summed E-state index contributed by atoms with van der Waals surface area (Å²) in [4.78, 5) is 11.6. The first-order chi connectivity index (χ1) is 8.74. The highest BCUT2D eigenvalue weighted by Crippen LogP contribution is 2.27. The van der Waals surface area contributed by atoms with Crippen molar-refractivity contribution < 1.29 is 17.9 Å². The van der Waals surface area contributed by atoms with Gasteiger partial charge in [0.05, 0.1) is 24.9 Å². The Kier molecular flexibility index (Phi) is 5.16. The van der Waals surface area contributed by atoms with E-state index in [-0.39, 0.29) is 6.54 Å². The van der Waals surface area contributed by atoms with E-state index in [1.54, 1.807) is 12.1 Å². The Labute approximate surface area is 117 Å². The maximum absolute atomic E-state index is 11.6. The number of hydrogen-bond donors (Lipinski definition) is 1. The number of nitrogens with one attached hydrogen (secondary N) is 1. The lowest BCUT2D eigenvalue weighted by atomic mass is 10.3. The van der Waals surface area contributed by atoms with Crippen molar-refractivity contribution in [1.29, 1.82) is 0 Å². The van der Waals surface area contributed by atoms with Gasteiger partial charge in [-0.3, -0.25) is 4.79 Å².